The Kier molecular flexibility index (Phi) is 9.76. The highest BCUT2D eigenvalue weighted by Crippen LogP contribution is 2.43. The average molecular weight is 603 g/mol. The molecule has 0 aliphatic rings. The maximum Gasteiger partial charge on any atom is 0.146 e. The molecule has 226 valence electrons. The van der Waals surface area contributed by atoms with Gasteiger partial charge in [0.25, 0.3) is 0 Å². The molecule has 0 saturated heterocycles. The Balaban J connectivity index is 2.22. The van der Waals surface area contributed by atoms with Gasteiger partial charge in [-0.2, -0.15) is 0 Å². The van der Waals surface area contributed by atoms with E-state index >= 15 is 0 Å². The van der Waals surface area contributed by atoms with Crippen molar-refractivity contribution in [3.05, 3.63) is 71.3 Å². The summed E-state index contributed by atoms with van der Waals surface area (Å²) in [7, 11) is -3.84. The Bertz CT molecular complexity index is 1720. The van der Waals surface area contributed by atoms with Crippen LogP contribution < -0.4 is 0 Å². The predicted molar refractivity (Wildman–Crippen MR) is 200 cm³/mol. The van der Waals surface area contributed by atoms with Crippen molar-refractivity contribution in [3.8, 4) is 22.9 Å². The van der Waals surface area contributed by atoms with E-state index in [1.54, 1.807) is 0 Å². The topological polar surface area (TPSA) is 0 Å². The van der Waals surface area contributed by atoms with Crippen molar-refractivity contribution in [2.75, 3.05) is 0 Å². The van der Waals surface area contributed by atoms with Crippen LogP contribution in [0.15, 0.2) is 54.6 Å². The predicted octanol–water partition coefficient (Wildman–Crippen LogP) is 12.6. The highest BCUT2D eigenvalue weighted by Gasteiger charge is 2.42. The largest absolute Gasteiger partial charge is 0.146 e. The standard InChI is InChI=1S/C41H54Si2/c1-27(2)42(28(3)4,29(5)6)22-20-38-36-16-14-15-17-37(36)39(21-23-43(30(7)8,31(9)10)32(11)12)41-26-35-24-33(13)18-19-34(35)25-40(38)41/h14-19,24-32H,1-13H3. The van der Waals surface area contributed by atoms with Crippen LogP contribution in [0.25, 0.3) is 32.3 Å². The molecule has 0 atom stereocenters. The molecular formula is C41H54Si2. The lowest BCUT2D eigenvalue weighted by Crippen LogP contribution is -2.43. The molecule has 0 unspecified atom stereocenters. The maximum absolute atomic E-state index is 4.07. The third-order valence-electron chi connectivity index (χ3n) is 10.7. The number of rotatable bonds is 6. The van der Waals surface area contributed by atoms with Crippen molar-refractivity contribution in [3.63, 3.8) is 0 Å². The molecule has 0 heterocycles. The molecule has 0 saturated carbocycles. The second-order valence-electron chi connectivity index (χ2n) is 14.8. The van der Waals surface area contributed by atoms with E-state index in [0.29, 0.717) is 33.2 Å². The third kappa shape index (κ3) is 5.75. The maximum atomic E-state index is 4.07. The first-order chi connectivity index (χ1) is 20.2. The minimum atomic E-state index is -1.92. The van der Waals surface area contributed by atoms with Gasteiger partial charge in [-0.3, -0.25) is 0 Å². The van der Waals surface area contributed by atoms with Gasteiger partial charge >= 0.3 is 0 Å². The molecule has 0 radical (unpaired) electrons. The second kappa shape index (κ2) is 12.7. The summed E-state index contributed by atoms with van der Waals surface area (Å²) in [5, 5.41) is 7.52. The van der Waals surface area contributed by atoms with Crippen LogP contribution in [0.4, 0.5) is 0 Å². The van der Waals surface area contributed by atoms with E-state index in [-0.39, 0.29) is 0 Å². The zero-order valence-electron chi connectivity index (χ0n) is 29.2. The number of benzene rings is 4. The number of hydrogen-bond donors (Lipinski definition) is 0. The van der Waals surface area contributed by atoms with E-state index in [1.807, 2.05) is 0 Å². The smallest absolute Gasteiger partial charge is 0.125 e. The van der Waals surface area contributed by atoms with E-state index in [1.165, 1.54) is 49.0 Å². The van der Waals surface area contributed by atoms with Crippen molar-refractivity contribution in [1.82, 2.24) is 0 Å². The van der Waals surface area contributed by atoms with Crippen molar-refractivity contribution in [1.29, 1.82) is 0 Å². The summed E-state index contributed by atoms with van der Waals surface area (Å²) < 4.78 is 0. The summed E-state index contributed by atoms with van der Waals surface area (Å²) in [4.78, 5) is 0. The summed E-state index contributed by atoms with van der Waals surface area (Å²) in [6.45, 7) is 31.0. The molecule has 0 fully saturated rings. The molecule has 0 amide bonds. The van der Waals surface area contributed by atoms with Crippen molar-refractivity contribution in [2.24, 2.45) is 0 Å². The van der Waals surface area contributed by atoms with Gasteiger partial charge in [-0.15, -0.1) is 11.1 Å². The fourth-order valence-electron chi connectivity index (χ4n) is 8.52. The Morgan fingerprint density at radius 3 is 1.19 bits per heavy atom. The van der Waals surface area contributed by atoms with Crippen LogP contribution in [0.5, 0.6) is 0 Å². The summed E-state index contributed by atoms with van der Waals surface area (Å²) in [5.41, 5.74) is 15.3. The lowest BCUT2D eigenvalue weighted by atomic mass is 9.90. The van der Waals surface area contributed by atoms with Crippen LogP contribution in [0.2, 0.25) is 33.2 Å². The summed E-state index contributed by atoms with van der Waals surface area (Å²) >= 11 is 0. The van der Waals surface area contributed by atoms with Gasteiger partial charge in [0.15, 0.2) is 0 Å². The molecule has 0 N–H and O–H groups in total. The number of fused-ring (bicyclic) bond motifs is 3. The third-order valence-corrected chi connectivity index (χ3v) is 23.3. The Hall–Kier alpha value is -2.79. The quantitative estimate of drug-likeness (QED) is 0.117. The van der Waals surface area contributed by atoms with Crippen LogP contribution in [0.3, 0.4) is 0 Å². The van der Waals surface area contributed by atoms with Crippen LogP contribution in [-0.2, 0) is 0 Å². The van der Waals surface area contributed by atoms with Gasteiger partial charge in [-0.05, 0) is 84.6 Å². The molecule has 0 aliphatic heterocycles. The lowest BCUT2D eigenvalue weighted by Gasteiger charge is -2.38. The molecule has 43 heavy (non-hydrogen) atoms. The fourth-order valence-corrected chi connectivity index (χ4v) is 18.9. The van der Waals surface area contributed by atoms with Crippen molar-refractivity contribution in [2.45, 2.75) is 123 Å². The molecule has 0 nitrogen and oxygen atoms in total. The highest BCUT2D eigenvalue weighted by molar-refractivity contribution is 6.91. The van der Waals surface area contributed by atoms with E-state index < -0.39 is 16.1 Å². The van der Waals surface area contributed by atoms with Crippen molar-refractivity contribution < 1.29 is 0 Å². The Morgan fingerprint density at radius 2 is 0.814 bits per heavy atom. The summed E-state index contributed by atoms with van der Waals surface area (Å²) in [6, 6.07) is 20.5. The van der Waals surface area contributed by atoms with E-state index in [2.05, 4.69) is 168 Å². The van der Waals surface area contributed by atoms with E-state index in [9.17, 15) is 0 Å². The molecule has 0 aromatic heterocycles. The highest BCUT2D eigenvalue weighted by atomic mass is 28.3. The SMILES string of the molecule is Cc1ccc2cc3c(C#C[Si](C(C)C)(C(C)C)C(C)C)c4ccccc4c(C#C[Si](C(C)C)(C(C)C)C(C)C)c3cc2c1. The molecule has 4 rings (SSSR count). The molecule has 4 aromatic rings. The first-order valence-electron chi connectivity index (χ1n) is 16.6. The minimum Gasteiger partial charge on any atom is -0.125 e. The van der Waals surface area contributed by atoms with Crippen molar-refractivity contribution >= 4 is 48.5 Å². The zero-order valence-corrected chi connectivity index (χ0v) is 31.2. The molecule has 0 bridgehead atoms. The van der Waals surface area contributed by atoms with Gasteiger partial charge in [0.2, 0.25) is 0 Å². The van der Waals surface area contributed by atoms with E-state index in [0.717, 1.165) is 0 Å². The van der Waals surface area contributed by atoms with Gasteiger partial charge in [-0.1, -0.05) is 143 Å². The van der Waals surface area contributed by atoms with Crippen LogP contribution in [-0.4, -0.2) is 16.1 Å². The lowest BCUT2D eigenvalue weighted by molar-refractivity contribution is 0.838. The first-order valence-corrected chi connectivity index (χ1v) is 21.1. The number of aryl methyl sites for hydroxylation is 1. The monoisotopic (exact) mass is 602 g/mol. The van der Waals surface area contributed by atoms with Gasteiger partial charge in [0, 0.05) is 11.1 Å². The van der Waals surface area contributed by atoms with Gasteiger partial charge in [0.1, 0.15) is 16.1 Å². The van der Waals surface area contributed by atoms with Gasteiger partial charge < -0.3 is 0 Å². The molecule has 4 aromatic carbocycles. The molecular weight excluding hydrogens is 549 g/mol. The fraction of sp³-hybridized carbons (Fsp3) is 0.463. The van der Waals surface area contributed by atoms with Gasteiger partial charge in [0.05, 0.1) is 0 Å². The normalized spacial score (nSPS) is 12.7. The van der Waals surface area contributed by atoms with E-state index in [4.69, 9.17) is 0 Å². The first kappa shape index (κ1) is 33.1. The van der Waals surface area contributed by atoms with Crippen LogP contribution in [0, 0.1) is 29.9 Å². The molecule has 0 spiro atoms. The minimum absolute atomic E-state index is 0.590. The average Bonchev–Trinajstić information content (AvgIpc) is 2.92. The summed E-state index contributed by atoms with van der Waals surface area (Å²) in [6.07, 6.45) is 0. The van der Waals surface area contributed by atoms with Crippen LogP contribution in [0.1, 0.15) is 99.8 Å². The number of hydrogen-bond acceptors (Lipinski definition) is 0. The molecule has 0 aliphatic carbocycles. The summed E-state index contributed by atoms with van der Waals surface area (Å²) in [5.74, 6) is 7.84. The Morgan fingerprint density at radius 1 is 0.442 bits per heavy atom. The Labute approximate surface area is 265 Å². The second-order valence-corrected chi connectivity index (χ2v) is 26.0. The molecule has 2 heteroatoms. The zero-order chi connectivity index (χ0) is 31.9. The van der Waals surface area contributed by atoms with Gasteiger partial charge in [-0.25, -0.2) is 0 Å². The van der Waals surface area contributed by atoms with Crippen LogP contribution >= 0.6 is 0 Å².